The number of ether oxygens (including phenoxy) is 1. The second kappa shape index (κ2) is 9.54. The molecule has 1 aromatic carbocycles. The Morgan fingerprint density at radius 1 is 1.21 bits per heavy atom. The van der Waals surface area contributed by atoms with E-state index in [0.29, 0.717) is 12.4 Å². The van der Waals surface area contributed by atoms with Crippen molar-refractivity contribution in [2.24, 2.45) is 0 Å². The van der Waals surface area contributed by atoms with Crippen molar-refractivity contribution >= 4 is 29.8 Å². The number of benzene rings is 1. The first-order chi connectivity index (χ1) is 13.7. The molecular weight excluding hydrogens is 376 g/mol. The largest absolute Gasteiger partial charge is 0.490 e. The number of nitrogens with zero attached hydrogens (tertiary/aromatic N) is 1. The highest BCUT2D eigenvalue weighted by atomic mass is 16.5. The van der Waals surface area contributed by atoms with Gasteiger partial charge < -0.3 is 10.1 Å². The topological polar surface area (TPSA) is 117 Å². The van der Waals surface area contributed by atoms with Gasteiger partial charge in [-0.2, -0.15) is 0 Å². The molecule has 2 rings (SSSR count). The van der Waals surface area contributed by atoms with E-state index in [2.05, 4.69) is 22.7 Å². The van der Waals surface area contributed by atoms with Crippen molar-refractivity contribution in [2.45, 2.75) is 25.8 Å². The number of hydrazine groups is 1. The third-order valence-electron chi connectivity index (χ3n) is 4.01. The Hall–Kier alpha value is -3.62. The maximum Gasteiger partial charge on any atom is 0.325 e. The standard InChI is InChI=1S/C20H24N4O5/c1-4-13-29-15-8-5-14(6-9-15)7-10-16(25)22-23-17(26)11-12-24-18(27)20(2,3)21-19(24)28/h4-10H,1,11-13H2,2-3H3,(H,21,28)(H,22,25)(H,23,26)/b10-7+. The summed E-state index contributed by atoms with van der Waals surface area (Å²) in [5.74, 6) is -0.766. The zero-order chi connectivity index (χ0) is 21.4. The number of carbonyl (C=O) groups excluding carboxylic acids is 4. The molecule has 5 amide bonds. The van der Waals surface area contributed by atoms with Gasteiger partial charge in [0, 0.05) is 19.0 Å². The van der Waals surface area contributed by atoms with E-state index in [4.69, 9.17) is 4.74 Å². The van der Waals surface area contributed by atoms with Crippen molar-refractivity contribution in [1.82, 2.24) is 21.1 Å². The third-order valence-corrected chi connectivity index (χ3v) is 4.01. The lowest BCUT2D eigenvalue weighted by Gasteiger charge is -2.15. The molecule has 0 atom stereocenters. The molecule has 0 aromatic heterocycles. The van der Waals surface area contributed by atoms with Gasteiger partial charge in [-0.05, 0) is 37.6 Å². The summed E-state index contributed by atoms with van der Waals surface area (Å²) in [6, 6.07) is 6.54. The molecule has 1 aliphatic rings. The van der Waals surface area contributed by atoms with Crippen molar-refractivity contribution in [3.8, 4) is 5.75 Å². The first-order valence-corrected chi connectivity index (χ1v) is 8.97. The maximum absolute atomic E-state index is 12.0. The molecule has 1 fully saturated rings. The first-order valence-electron chi connectivity index (χ1n) is 8.97. The Kier molecular flexibility index (Phi) is 7.13. The van der Waals surface area contributed by atoms with Crippen LogP contribution in [0.4, 0.5) is 4.79 Å². The zero-order valence-corrected chi connectivity index (χ0v) is 16.4. The van der Waals surface area contributed by atoms with Gasteiger partial charge in [0.05, 0.1) is 0 Å². The molecule has 0 aliphatic carbocycles. The Bertz CT molecular complexity index is 830. The van der Waals surface area contributed by atoms with Gasteiger partial charge in [-0.15, -0.1) is 0 Å². The minimum atomic E-state index is -0.984. The third kappa shape index (κ3) is 6.20. The lowest BCUT2D eigenvalue weighted by molar-refractivity contribution is -0.131. The normalized spacial score (nSPS) is 15.2. The van der Waals surface area contributed by atoms with Crippen molar-refractivity contribution in [3.05, 3.63) is 48.6 Å². The van der Waals surface area contributed by atoms with E-state index in [1.807, 2.05) is 0 Å². The molecule has 0 saturated carbocycles. The summed E-state index contributed by atoms with van der Waals surface area (Å²) in [5.41, 5.74) is 4.27. The van der Waals surface area contributed by atoms with Gasteiger partial charge in [0.1, 0.15) is 17.9 Å². The van der Waals surface area contributed by atoms with E-state index >= 15 is 0 Å². The fraction of sp³-hybridized carbons (Fsp3) is 0.300. The number of nitrogens with one attached hydrogen (secondary N) is 3. The maximum atomic E-state index is 12.0. The fourth-order valence-electron chi connectivity index (χ4n) is 2.47. The van der Waals surface area contributed by atoms with Crippen molar-refractivity contribution in [2.75, 3.05) is 13.2 Å². The summed E-state index contributed by atoms with van der Waals surface area (Å²) in [7, 11) is 0. The summed E-state index contributed by atoms with van der Waals surface area (Å²) in [5, 5.41) is 2.53. The van der Waals surface area contributed by atoms with Crippen LogP contribution in [0, 0.1) is 0 Å². The van der Waals surface area contributed by atoms with Gasteiger partial charge in [-0.1, -0.05) is 24.8 Å². The zero-order valence-electron chi connectivity index (χ0n) is 16.4. The average molecular weight is 400 g/mol. The van der Waals surface area contributed by atoms with Crippen LogP contribution in [0.15, 0.2) is 43.0 Å². The number of hydrogen-bond donors (Lipinski definition) is 3. The van der Waals surface area contributed by atoms with Crippen LogP contribution in [-0.4, -0.2) is 47.3 Å². The van der Waals surface area contributed by atoms with Crippen molar-refractivity contribution in [1.29, 1.82) is 0 Å². The first kappa shape index (κ1) is 21.7. The summed E-state index contributed by atoms with van der Waals surface area (Å²) < 4.78 is 5.37. The summed E-state index contributed by atoms with van der Waals surface area (Å²) in [4.78, 5) is 48.4. The predicted octanol–water partition coefficient (Wildman–Crippen LogP) is 1.13. The van der Waals surface area contributed by atoms with E-state index in [-0.39, 0.29) is 13.0 Å². The SMILES string of the molecule is C=CCOc1ccc(/C=C/C(=O)NNC(=O)CCN2C(=O)NC(C)(C)C2=O)cc1. The molecule has 1 heterocycles. The Balaban J connectivity index is 1.73. The van der Waals surface area contributed by atoms with Gasteiger partial charge in [0.15, 0.2) is 0 Å². The average Bonchev–Trinajstić information content (AvgIpc) is 2.88. The van der Waals surface area contributed by atoms with Crippen LogP contribution >= 0.6 is 0 Å². The van der Waals surface area contributed by atoms with Crippen molar-refractivity contribution < 1.29 is 23.9 Å². The lowest BCUT2D eigenvalue weighted by atomic mass is 10.1. The molecule has 1 saturated heterocycles. The number of carbonyl (C=O) groups is 4. The molecule has 9 heteroatoms. The minimum absolute atomic E-state index is 0.0775. The van der Waals surface area contributed by atoms with Crippen LogP contribution in [-0.2, 0) is 14.4 Å². The summed E-state index contributed by atoms with van der Waals surface area (Å²) >= 11 is 0. The van der Waals surface area contributed by atoms with E-state index in [1.165, 1.54) is 6.08 Å². The highest BCUT2D eigenvalue weighted by Gasteiger charge is 2.43. The highest BCUT2D eigenvalue weighted by molar-refractivity contribution is 6.06. The van der Waals surface area contributed by atoms with Gasteiger partial charge in [0.25, 0.3) is 11.8 Å². The molecule has 0 radical (unpaired) electrons. The Labute approximate surface area is 168 Å². The highest BCUT2D eigenvalue weighted by Crippen LogP contribution is 2.16. The van der Waals surface area contributed by atoms with Crippen LogP contribution < -0.4 is 20.9 Å². The van der Waals surface area contributed by atoms with Crippen molar-refractivity contribution in [3.63, 3.8) is 0 Å². The molecular formula is C20H24N4O5. The lowest BCUT2D eigenvalue weighted by Crippen LogP contribution is -2.43. The molecule has 1 aliphatic heterocycles. The van der Waals surface area contributed by atoms with Gasteiger partial charge in [-0.25, -0.2) is 4.79 Å². The second-order valence-corrected chi connectivity index (χ2v) is 6.80. The molecule has 0 spiro atoms. The van der Waals surface area contributed by atoms with Crippen LogP contribution in [0.1, 0.15) is 25.8 Å². The van der Waals surface area contributed by atoms with Gasteiger partial charge in [0.2, 0.25) is 5.91 Å². The Morgan fingerprint density at radius 2 is 1.90 bits per heavy atom. The van der Waals surface area contributed by atoms with E-state index in [9.17, 15) is 19.2 Å². The summed E-state index contributed by atoms with van der Waals surface area (Å²) in [6.07, 6.45) is 4.35. The van der Waals surface area contributed by atoms with E-state index in [0.717, 1.165) is 10.5 Å². The van der Waals surface area contributed by atoms with Crippen LogP contribution in [0.2, 0.25) is 0 Å². The van der Waals surface area contributed by atoms with E-state index in [1.54, 1.807) is 50.3 Å². The Morgan fingerprint density at radius 3 is 2.48 bits per heavy atom. The van der Waals surface area contributed by atoms with Crippen LogP contribution in [0.5, 0.6) is 5.75 Å². The molecule has 154 valence electrons. The van der Waals surface area contributed by atoms with Crippen LogP contribution in [0.3, 0.4) is 0 Å². The predicted molar refractivity (Wildman–Crippen MR) is 106 cm³/mol. The molecule has 9 nitrogen and oxygen atoms in total. The number of rotatable bonds is 8. The number of urea groups is 1. The van der Waals surface area contributed by atoms with Crippen LogP contribution in [0.25, 0.3) is 6.08 Å². The minimum Gasteiger partial charge on any atom is -0.490 e. The fourth-order valence-corrected chi connectivity index (χ4v) is 2.47. The number of amides is 5. The smallest absolute Gasteiger partial charge is 0.325 e. The number of imide groups is 1. The summed E-state index contributed by atoms with van der Waals surface area (Å²) in [6.45, 7) is 7.07. The quantitative estimate of drug-likeness (QED) is 0.262. The second-order valence-electron chi connectivity index (χ2n) is 6.80. The van der Waals surface area contributed by atoms with E-state index < -0.39 is 29.3 Å². The van der Waals surface area contributed by atoms with Gasteiger partial charge in [-0.3, -0.25) is 30.1 Å². The molecule has 1 aromatic rings. The molecule has 0 unspecified atom stereocenters. The monoisotopic (exact) mass is 400 g/mol. The van der Waals surface area contributed by atoms with Gasteiger partial charge >= 0.3 is 6.03 Å². The molecule has 0 bridgehead atoms. The molecule has 29 heavy (non-hydrogen) atoms. The number of hydrogen-bond acceptors (Lipinski definition) is 5. The molecule has 3 N–H and O–H groups in total.